The Bertz CT molecular complexity index is 75.3. The number of nitrogens with two attached hydrogens (primary N) is 1. The SMILES string of the molecule is N[C@@H](C[SeH])C(=O)[SeH]. The Hall–Kier alpha value is 0.669. The van der Waals surface area contributed by atoms with Crippen LogP contribution in [0.25, 0.3) is 0 Å². The van der Waals surface area contributed by atoms with Crippen molar-refractivity contribution >= 4 is 36.7 Å². The Morgan fingerprint density at radius 1 is 1.86 bits per heavy atom. The van der Waals surface area contributed by atoms with Crippen LogP contribution >= 0.6 is 0 Å². The molecule has 0 unspecified atom stereocenters. The quantitative estimate of drug-likeness (QED) is 0.562. The first-order chi connectivity index (χ1) is 3.18. The van der Waals surface area contributed by atoms with Gasteiger partial charge in [-0.25, -0.2) is 0 Å². The van der Waals surface area contributed by atoms with Crippen LogP contribution in [-0.4, -0.2) is 42.7 Å². The molecule has 2 N–H and O–H groups in total. The van der Waals surface area contributed by atoms with Gasteiger partial charge in [0.05, 0.1) is 0 Å². The van der Waals surface area contributed by atoms with Gasteiger partial charge in [-0.3, -0.25) is 0 Å². The van der Waals surface area contributed by atoms with Gasteiger partial charge in [0.2, 0.25) is 0 Å². The van der Waals surface area contributed by atoms with Crippen molar-refractivity contribution in [1.82, 2.24) is 0 Å². The van der Waals surface area contributed by atoms with Gasteiger partial charge in [0, 0.05) is 0 Å². The molecule has 7 heavy (non-hydrogen) atoms. The molecule has 2 nitrogen and oxygen atoms in total. The van der Waals surface area contributed by atoms with Crippen LogP contribution in [0.3, 0.4) is 0 Å². The molecule has 0 radical (unpaired) electrons. The van der Waals surface area contributed by atoms with Gasteiger partial charge in [0.1, 0.15) is 0 Å². The molecule has 0 bridgehead atoms. The molecule has 0 aromatic rings. The van der Waals surface area contributed by atoms with Gasteiger partial charge >= 0.3 is 58.6 Å². The van der Waals surface area contributed by atoms with E-state index in [0.717, 1.165) is 0 Å². The summed E-state index contributed by atoms with van der Waals surface area (Å²) in [6, 6.07) is -0.292. The van der Waals surface area contributed by atoms with Crippen molar-refractivity contribution in [1.29, 1.82) is 0 Å². The summed E-state index contributed by atoms with van der Waals surface area (Å²) >= 11 is 4.18. The fraction of sp³-hybridized carbons (Fsp3) is 0.667. The summed E-state index contributed by atoms with van der Waals surface area (Å²) < 4.78 is -0.00637. The Labute approximate surface area is 58.8 Å². The van der Waals surface area contributed by atoms with E-state index in [1.807, 2.05) is 16.0 Å². The van der Waals surface area contributed by atoms with Gasteiger partial charge in [-0.15, -0.1) is 0 Å². The third-order valence-corrected chi connectivity index (χ3v) is 2.04. The predicted molar refractivity (Wildman–Crippen MR) is 32.1 cm³/mol. The van der Waals surface area contributed by atoms with Crippen molar-refractivity contribution in [3.8, 4) is 0 Å². The van der Waals surface area contributed by atoms with Crippen LogP contribution in [0.4, 0.5) is 0 Å². The molecule has 0 aliphatic rings. The Morgan fingerprint density at radius 2 is 2.29 bits per heavy atom. The first kappa shape index (κ1) is 7.67. The summed E-state index contributed by atoms with van der Waals surface area (Å²) in [5.74, 6) is 0. The molecular formula is C3H7NOSe2. The van der Waals surface area contributed by atoms with Crippen molar-refractivity contribution in [2.75, 3.05) is 0 Å². The Morgan fingerprint density at radius 3 is 2.29 bits per heavy atom. The minimum absolute atomic E-state index is 0.00637. The zero-order valence-corrected chi connectivity index (χ0v) is 7.42. The third-order valence-electron chi connectivity index (χ3n) is 0.514. The zero-order valence-electron chi connectivity index (χ0n) is 3.66. The van der Waals surface area contributed by atoms with E-state index in [0.29, 0.717) is 5.32 Å². The Kier molecular flexibility index (Phi) is 3.99. The monoisotopic (exact) mass is 233 g/mol. The van der Waals surface area contributed by atoms with Gasteiger partial charge in [-0.1, -0.05) is 0 Å². The van der Waals surface area contributed by atoms with Crippen LogP contribution in [0, 0.1) is 0 Å². The van der Waals surface area contributed by atoms with Crippen molar-refractivity contribution < 1.29 is 4.79 Å². The van der Waals surface area contributed by atoms with Gasteiger partial charge in [-0.05, 0) is 0 Å². The molecule has 0 aliphatic heterocycles. The second-order valence-corrected chi connectivity index (χ2v) is 2.82. The van der Waals surface area contributed by atoms with Crippen LogP contribution in [0.5, 0.6) is 0 Å². The van der Waals surface area contributed by atoms with E-state index in [9.17, 15) is 4.79 Å². The van der Waals surface area contributed by atoms with E-state index in [1.54, 1.807) is 0 Å². The standard InChI is InChI=1S/C3H7NOSe2/c4-2(1-6)3(5)7/h2,6H,1,4H2,(H,5,7)/t2-/m0/s1. The van der Waals surface area contributed by atoms with Gasteiger partial charge in [-0.2, -0.15) is 0 Å². The fourth-order valence-corrected chi connectivity index (χ4v) is 1.30. The molecule has 0 spiro atoms. The summed E-state index contributed by atoms with van der Waals surface area (Å²) in [5, 5.41) is 0.667. The number of hydrogen-bond donors (Lipinski definition) is 1. The first-order valence-corrected chi connectivity index (χ1v) is 4.04. The molecule has 0 saturated heterocycles. The second-order valence-electron chi connectivity index (χ2n) is 1.13. The number of hydrogen-bond acceptors (Lipinski definition) is 2. The zero-order chi connectivity index (χ0) is 5.86. The predicted octanol–water partition coefficient (Wildman–Crippen LogP) is -1.94. The number of rotatable bonds is 2. The summed E-state index contributed by atoms with van der Waals surface area (Å²) in [6.45, 7) is 0. The second kappa shape index (κ2) is 3.64. The van der Waals surface area contributed by atoms with Crippen molar-refractivity contribution in [3.63, 3.8) is 0 Å². The fourth-order valence-electron chi connectivity index (χ4n) is 0.0781. The average molecular weight is 231 g/mol. The molecule has 0 aromatic heterocycles. The molecule has 0 aliphatic carbocycles. The normalized spacial score (nSPS) is 13.6. The number of carbonyl (C=O) groups is 1. The average Bonchev–Trinajstić information content (AvgIpc) is 1.65. The van der Waals surface area contributed by atoms with E-state index in [1.165, 1.54) is 0 Å². The first-order valence-electron chi connectivity index (χ1n) is 1.77. The number of carbonyl (C=O) groups excluding carboxylic acids is 1. The molecule has 0 amide bonds. The van der Waals surface area contributed by atoms with E-state index in [4.69, 9.17) is 5.73 Å². The van der Waals surface area contributed by atoms with Crippen molar-refractivity contribution in [2.45, 2.75) is 11.4 Å². The summed E-state index contributed by atoms with van der Waals surface area (Å²) in [4.78, 5) is 10.2. The summed E-state index contributed by atoms with van der Waals surface area (Å²) in [7, 11) is 0. The summed E-state index contributed by atoms with van der Waals surface area (Å²) in [6.07, 6.45) is 0. The molecule has 0 fully saturated rings. The van der Waals surface area contributed by atoms with E-state index < -0.39 is 0 Å². The minimum atomic E-state index is -0.292. The summed E-state index contributed by atoms with van der Waals surface area (Å²) in [5.41, 5.74) is 5.23. The molecule has 4 heteroatoms. The van der Waals surface area contributed by atoms with Gasteiger partial charge < -0.3 is 0 Å². The Balaban J connectivity index is 3.34. The van der Waals surface area contributed by atoms with Crippen LogP contribution in [0.2, 0.25) is 5.32 Å². The van der Waals surface area contributed by atoms with Crippen molar-refractivity contribution in [2.24, 2.45) is 5.73 Å². The molecule has 42 valence electrons. The van der Waals surface area contributed by atoms with Crippen LogP contribution in [-0.2, 0) is 4.79 Å². The van der Waals surface area contributed by atoms with Crippen LogP contribution in [0.1, 0.15) is 0 Å². The molecular weight excluding hydrogens is 224 g/mol. The van der Waals surface area contributed by atoms with Crippen molar-refractivity contribution in [3.05, 3.63) is 0 Å². The maximum absolute atomic E-state index is 10.2. The van der Waals surface area contributed by atoms with Gasteiger partial charge in [0.15, 0.2) is 0 Å². The van der Waals surface area contributed by atoms with Crippen LogP contribution < -0.4 is 5.73 Å². The topological polar surface area (TPSA) is 43.1 Å². The van der Waals surface area contributed by atoms with E-state index >= 15 is 0 Å². The molecule has 0 rings (SSSR count). The van der Waals surface area contributed by atoms with E-state index in [2.05, 4.69) is 16.0 Å². The van der Waals surface area contributed by atoms with Crippen LogP contribution in [0.15, 0.2) is 0 Å². The molecule has 1 atom stereocenters. The van der Waals surface area contributed by atoms with Gasteiger partial charge in [0.25, 0.3) is 0 Å². The molecule has 0 heterocycles. The maximum atomic E-state index is 10.2. The molecule has 0 aromatic carbocycles. The van der Waals surface area contributed by atoms with E-state index in [-0.39, 0.29) is 10.7 Å². The third kappa shape index (κ3) is 3.27. The molecule has 0 saturated carbocycles.